The number of rotatable bonds is 2. The first-order valence-electron chi connectivity index (χ1n) is 3.52. The van der Waals surface area contributed by atoms with Crippen LogP contribution >= 0.6 is 0 Å². The first kappa shape index (κ1) is 8.45. The predicted octanol–water partition coefficient (Wildman–Crippen LogP) is 0.370. The molecular formula is C7H8N3O2. The number of nitrogens with zero attached hydrogens (tertiary/aromatic N) is 2. The molecule has 63 valence electrons. The Morgan fingerprint density at radius 1 is 1.67 bits per heavy atom. The zero-order valence-electron chi connectivity index (χ0n) is 6.57. The van der Waals surface area contributed by atoms with Gasteiger partial charge in [0, 0.05) is 12.7 Å². The van der Waals surface area contributed by atoms with E-state index in [-0.39, 0.29) is 11.6 Å². The monoisotopic (exact) mass is 166 g/mol. The van der Waals surface area contributed by atoms with E-state index >= 15 is 0 Å². The third-order valence-electron chi connectivity index (χ3n) is 1.20. The zero-order chi connectivity index (χ0) is 8.97. The summed E-state index contributed by atoms with van der Waals surface area (Å²) in [7, 11) is 0. The van der Waals surface area contributed by atoms with E-state index in [1.165, 1.54) is 12.3 Å². The molecule has 0 spiro atoms. The van der Waals surface area contributed by atoms with Gasteiger partial charge in [-0.3, -0.25) is 4.79 Å². The lowest BCUT2D eigenvalue weighted by Crippen LogP contribution is -2.23. The van der Waals surface area contributed by atoms with Gasteiger partial charge in [-0.05, 0) is 13.0 Å². The van der Waals surface area contributed by atoms with Gasteiger partial charge >= 0.3 is 6.01 Å². The number of nitrogens with one attached hydrogen (secondary N) is 1. The molecule has 12 heavy (non-hydrogen) atoms. The van der Waals surface area contributed by atoms with Gasteiger partial charge in [-0.1, -0.05) is 0 Å². The normalized spacial score (nSPS) is 9.42. The van der Waals surface area contributed by atoms with Crippen LogP contribution < -0.4 is 5.32 Å². The third-order valence-corrected chi connectivity index (χ3v) is 1.20. The van der Waals surface area contributed by atoms with Gasteiger partial charge in [0.05, 0.1) is 0 Å². The van der Waals surface area contributed by atoms with Crippen LogP contribution in [0.4, 0.5) is 0 Å². The van der Waals surface area contributed by atoms with Crippen LogP contribution in [-0.4, -0.2) is 22.4 Å². The molecule has 0 saturated heterocycles. The number of amides is 1. The Bertz CT molecular complexity index is 288. The van der Waals surface area contributed by atoms with Crippen molar-refractivity contribution in [3.8, 4) is 6.01 Å². The Balaban J connectivity index is 2.81. The van der Waals surface area contributed by atoms with Gasteiger partial charge in [0.1, 0.15) is 5.69 Å². The summed E-state index contributed by atoms with van der Waals surface area (Å²) in [6.07, 6.45) is 1.26. The van der Waals surface area contributed by atoms with Crippen molar-refractivity contribution in [3.63, 3.8) is 0 Å². The number of carbonyl (C=O) groups is 1. The van der Waals surface area contributed by atoms with E-state index in [1.54, 1.807) is 6.92 Å². The number of aromatic nitrogens is 2. The molecular weight excluding hydrogens is 158 g/mol. The smallest absolute Gasteiger partial charge is 0.351 e. The molecule has 1 rings (SSSR count). The summed E-state index contributed by atoms with van der Waals surface area (Å²) in [4.78, 5) is 17.8. The summed E-state index contributed by atoms with van der Waals surface area (Å²) in [6.45, 7) is 2.30. The van der Waals surface area contributed by atoms with Crippen LogP contribution in [0.1, 0.15) is 17.4 Å². The van der Waals surface area contributed by atoms with Crippen molar-refractivity contribution in [1.29, 1.82) is 0 Å². The van der Waals surface area contributed by atoms with Gasteiger partial charge in [0.25, 0.3) is 5.91 Å². The molecule has 5 nitrogen and oxygen atoms in total. The second-order valence-electron chi connectivity index (χ2n) is 2.08. The van der Waals surface area contributed by atoms with Gasteiger partial charge in [0.2, 0.25) is 0 Å². The maximum Gasteiger partial charge on any atom is 0.367 e. The highest BCUT2D eigenvalue weighted by atomic mass is 16.3. The van der Waals surface area contributed by atoms with Crippen LogP contribution in [0.25, 0.3) is 0 Å². The minimum atomic E-state index is -0.640. The lowest BCUT2D eigenvalue weighted by Gasteiger charge is -1.98. The molecule has 0 aliphatic heterocycles. The first-order chi connectivity index (χ1) is 5.74. The number of carbonyl (C=O) groups excluding carboxylic acids is 1. The summed E-state index contributed by atoms with van der Waals surface area (Å²) < 4.78 is 0. The lowest BCUT2D eigenvalue weighted by atomic mass is 10.4. The lowest BCUT2D eigenvalue weighted by molar-refractivity contribution is 0.0949. The van der Waals surface area contributed by atoms with E-state index < -0.39 is 6.01 Å². The van der Waals surface area contributed by atoms with Crippen molar-refractivity contribution in [2.45, 2.75) is 6.92 Å². The van der Waals surface area contributed by atoms with Gasteiger partial charge < -0.3 is 5.32 Å². The minimum Gasteiger partial charge on any atom is -0.351 e. The van der Waals surface area contributed by atoms with Crippen molar-refractivity contribution < 1.29 is 9.90 Å². The third kappa shape index (κ3) is 1.91. The Labute approximate surface area is 69.5 Å². The SMILES string of the molecule is CCNC(=O)c1ccnc([O])n1. The summed E-state index contributed by atoms with van der Waals surface area (Å²) in [6, 6.07) is 0.755. The molecule has 1 aromatic heterocycles. The average molecular weight is 166 g/mol. The van der Waals surface area contributed by atoms with E-state index in [4.69, 9.17) is 0 Å². The van der Waals surface area contributed by atoms with Crippen molar-refractivity contribution >= 4 is 5.91 Å². The highest BCUT2D eigenvalue weighted by molar-refractivity contribution is 5.92. The standard InChI is InChI=1S/C7H8N3O2/c1-2-8-6(11)5-3-4-9-7(12)10-5/h3-4H,2H2,1H3,(H,8,11). The Morgan fingerprint density at radius 2 is 2.42 bits per heavy atom. The van der Waals surface area contributed by atoms with Crippen molar-refractivity contribution in [2.24, 2.45) is 0 Å². The number of hydrogen-bond donors (Lipinski definition) is 1. The van der Waals surface area contributed by atoms with Crippen LogP contribution in [0.5, 0.6) is 6.01 Å². The fourth-order valence-electron chi connectivity index (χ4n) is 0.718. The number of hydrogen-bond acceptors (Lipinski definition) is 3. The van der Waals surface area contributed by atoms with E-state index in [0.29, 0.717) is 6.54 Å². The summed E-state index contributed by atoms with van der Waals surface area (Å²) in [5.74, 6) is -0.350. The Kier molecular flexibility index (Phi) is 2.57. The molecule has 0 aromatic carbocycles. The molecule has 0 bridgehead atoms. The second kappa shape index (κ2) is 3.66. The quantitative estimate of drug-likeness (QED) is 0.689. The molecule has 1 aromatic rings. The molecule has 0 fully saturated rings. The van der Waals surface area contributed by atoms with Gasteiger partial charge in [-0.15, -0.1) is 0 Å². The molecule has 0 aliphatic rings. The fourth-order valence-corrected chi connectivity index (χ4v) is 0.718. The summed E-state index contributed by atoms with van der Waals surface area (Å²) in [5.41, 5.74) is 0.108. The van der Waals surface area contributed by atoms with Crippen LogP contribution in [0, 0.1) is 0 Å². The molecule has 1 amide bonds. The molecule has 0 atom stereocenters. The predicted molar refractivity (Wildman–Crippen MR) is 40.2 cm³/mol. The molecule has 0 unspecified atom stereocenters. The molecule has 1 radical (unpaired) electrons. The summed E-state index contributed by atoms with van der Waals surface area (Å²) in [5, 5.41) is 13.1. The van der Waals surface area contributed by atoms with Crippen molar-refractivity contribution in [1.82, 2.24) is 15.3 Å². The fraction of sp³-hybridized carbons (Fsp3) is 0.286. The van der Waals surface area contributed by atoms with Crippen molar-refractivity contribution in [3.05, 3.63) is 18.0 Å². The van der Waals surface area contributed by atoms with Crippen LogP contribution in [0.2, 0.25) is 0 Å². The molecule has 1 heterocycles. The van der Waals surface area contributed by atoms with Crippen LogP contribution in [0.15, 0.2) is 12.3 Å². The van der Waals surface area contributed by atoms with Crippen LogP contribution in [0.3, 0.4) is 0 Å². The molecule has 1 N–H and O–H groups in total. The van der Waals surface area contributed by atoms with E-state index in [0.717, 1.165) is 0 Å². The summed E-state index contributed by atoms with van der Waals surface area (Å²) >= 11 is 0. The maximum absolute atomic E-state index is 11.1. The zero-order valence-corrected chi connectivity index (χ0v) is 6.57. The Morgan fingerprint density at radius 3 is 3.00 bits per heavy atom. The van der Waals surface area contributed by atoms with E-state index in [9.17, 15) is 9.90 Å². The van der Waals surface area contributed by atoms with E-state index in [1.807, 2.05) is 0 Å². The average Bonchev–Trinajstić information content (AvgIpc) is 2.05. The molecule has 5 heteroatoms. The maximum atomic E-state index is 11.1. The van der Waals surface area contributed by atoms with E-state index in [2.05, 4.69) is 15.3 Å². The topological polar surface area (TPSA) is 74.8 Å². The van der Waals surface area contributed by atoms with Gasteiger partial charge in [-0.25, -0.2) is 10.1 Å². The van der Waals surface area contributed by atoms with Crippen molar-refractivity contribution in [2.75, 3.05) is 6.54 Å². The minimum absolute atomic E-state index is 0.108. The molecule has 0 saturated carbocycles. The van der Waals surface area contributed by atoms with Gasteiger partial charge in [-0.2, -0.15) is 4.98 Å². The first-order valence-corrected chi connectivity index (χ1v) is 3.52. The highest BCUT2D eigenvalue weighted by Gasteiger charge is 2.06. The second-order valence-corrected chi connectivity index (χ2v) is 2.08. The highest BCUT2D eigenvalue weighted by Crippen LogP contribution is 2.00. The molecule has 0 aliphatic carbocycles. The van der Waals surface area contributed by atoms with Crippen LogP contribution in [-0.2, 0) is 5.11 Å². The largest absolute Gasteiger partial charge is 0.367 e. The van der Waals surface area contributed by atoms with Gasteiger partial charge in [0.15, 0.2) is 0 Å². The Hall–Kier alpha value is -1.65.